The highest BCUT2D eigenvalue weighted by Gasteiger charge is 2.57. The SMILES string of the molecule is CC(=O)OCC1=C(C(=O)OCCCn2cc(CO)nn2)N2C(=O)[C@H](NC(=O)OC(C)(C)C)[C@@H]2C(S)C1. The van der Waals surface area contributed by atoms with E-state index in [-0.39, 0.29) is 31.9 Å². The Kier molecular flexibility index (Phi) is 8.61. The van der Waals surface area contributed by atoms with Gasteiger partial charge in [-0.05, 0) is 32.8 Å². The van der Waals surface area contributed by atoms with E-state index in [2.05, 4.69) is 28.3 Å². The number of nitrogens with zero attached hydrogens (tertiary/aromatic N) is 4. The maximum absolute atomic E-state index is 13.1. The molecular weight excluding hydrogens is 494 g/mol. The number of carbonyl (C=O) groups excluding carboxylic acids is 4. The number of β-lactam (4-membered cyclic amide) rings is 1. The van der Waals surface area contributed by atoms with E-state index in [4.69, 9.17) is 19.3 Å². The molecule has 36 heavy (non-hydrogen) atoms. The number of thiol groups is 1. The molecule has 0 aliphatic carbocycles. The van der Waals surface area contributed by atoms with Gasteiger partial charge in [0.1, 0.15) is 29.6 Å². The van der Waals surface area contributed by atoms with E-state index in [0.717, 1.165) is 0 Å². The fourth-order valence-electron chi connectivity index (χ4n) is 3.92. The zero-order chi connectivity index (χ0) is 26.6. The molecule has 1 fully saturated rings. The summed E-state index contributed by atoms with van der Waals surface area (Å²) in [6.07, 6.45) is 1.47. The number of amides is 2. The molecule has 0 radical (unpaired) electrons. The van der Waals surface area contributed by atoms with Gasteiger partial charge >= 0.3 is 18.0 Å². The van der Waals surface area contributed by atoms with Crippen LogP contribution in [-0.4, -0.2) is 85.1 Å². The molecule has 1 aromatic rings. The Balaban J connectivity index is 1.70. The second-order valence-corrected chi connectivity index (χ2v) is 10.1. The van der Waals surface area contributed by atoms with Crippen LogP contribution >= 0.6 is 12.6 Å². The summed E-state index contributed by atoms with van der Waals surface area (Å²) >= 11 is 4.58. The van der Waals surface area contributed by atoms with E-state index in [0.29, 0.717) is 24.2 Å². The largest absolute Gasteiger partial charge is 0.461 e. The first-order valence-corrected chi connectivity index (χ1v) is 12.0. The van der Waals surface area contributed by atoms with Crippen molar-refractivity contribution in [1.29, 1.82) is 0 Å². The molecule has 1 saturated heterocycles. The van der Waals surface area contributed by atoms with E-state index >= 15 is 0 Å². The summed E-state index contributed by atoms with van der Waals surface area (Å²) in [5.74, 6) is -1.81. The van der Waals surface area contributed by atoms with Gasteiger partial charge in [-0.2, -0.15) is 12.6 Å². The van der Waals surface area contributed by atoms with Crippen molar-refractivity contribution in [2.24, 2.45) is 0 Å². The molecule has 2 N–H and O–H groups in total. The van der Waals surface area contributed by atoms with Crippen LogP contribution in [0.1, 0.15) is 46.2 Å². The van der Waals surface area contributed by atoms with Crippen molar-refractivity contribution in [1.82, 2.24) is 25.2 Å². The van der Waals surface area contributed by atoms with E-state index in [1.807, 2.05) is 0 Å². The molecule has 1 unspecified atom stereocenters. The zero-order valence-electron chi connectivity index (χ0n) is 20.6. The monoisotopic (exact) mass is 525 g/mol. The lowest BCUT2D eigenvalue weighted by Gasteiger charge is -2.52. The molecule has 0 aromatic carbocycles. The van der Waals surface area contributed by atoms with Crippen molar-refractivity contribution in [3.63, 3.8) is 0 Å². The smallest absolute Gasteiger partial charge is 0.408 e. The van der Waals surface area contributed by atoms with Crippen LogP contribution in [0.4, 0.5) is 4.79 Å². The predicted molar refractivity (Wildman–Crippen MR) is 126 cm³/mol. The van der Waals surface area contributed by atoms with Crippen molar-refractivity contribution >= 4 is 36.6 Å². The van der Waals surface area contributed by atoms with Crippen LogP contribution in [0.2, 0.25) is 0 Å². The fraction of sp³-hybridized carbons (Fsp3) is 0.636. The maximum atomic E-state index is 13.1. The average Bonchev–Trinajstić information content (AvgIpc) is 3.25. The number of hydrogen-bond acceptors (Lipinski definition) is 11. The number of aryl methyl sites for hydroxylation is 1. The van der Waals surface area contributed by atoms with Crippen LogP contribution in [0, 0.1) is 0 Å². The van der Waals surface area contributed by atoms with Crippen LogP contribution in [-0.2, 0) is 41.7 Å². The highest BCUT2D eigenvalue weighted by molar-refractivity contribution is 7.81. The van der Waals surface area contributed by atoms with Crippen LogP contribution in [0.15, 0.2) is 17.5 Å². The van der Waals surface area contributed by atoms with Gasteiger partial charge in [0, 0.05) is 25.1 Å². The van der Waals surface area contributed by atoms with Crippen molar-refractivity contribution in [2.45, 2.75) is 76.6 Å². The van der Waals surface area contributed by atoms with E-state index in [1.165, 1.54) is 16.5 Å². The van der Waals surface area contributed by atoms with Gasteiger partial charge in [0.05, 0.1) is 25.5 Å². The highest BCUT2D eigenvalue weighted by atomic mass is 32.1. The molecule has 3 rings (SSSR count). The van der Waals surface area contributed by atoms with Gasteiger partial charge in [0.25, 0.3) is 5.91 Å². The molecule has 2 amide bonds. The molecule has 2 aliphatic heterocycles. The molecule has 14 heteroatoms. The number of fused-ring (bicyclic) bond motifs is 1. The number of alkyl carbamates (subject to hydrolysis) is 1. The van der Waals surface area contributed by atoms with Gasteiger partial charge in [0.2, 0.25) is 0 Å². The van der Waals surface area contributed by atoms with Crippen molar-refractivity contribution in [3.05, 3.63) is 23.2 Å². The Hall–Kier alpha value is -3.13. The minimum absolute atomic E-state index is 0.0119. The Morgan fingerprint density at radius 2 is 2.00 bits per heavy atom. The molecule has 0 saturated carbocycles. The minimum Gasteiger partial charge on any atom is -0.461 e. The lowest BCUT2D eigenvalue weighted by molar-refractivity contribution is -0.156. The summed E-state index contributed by atoms with van der Waals surface area (Å²) in [5.41, 5.74) is 0.0655. The molecule has 2 aliphatic rings. The van der Waals surface area contributed by atoms with Gasteiger partial charge < -0.3 is 24.6 Å². The molecular formula is C22H31N5O8S. The number of hydrogen-bond donors (Lipinski definition) is 3. The normalized spacial score (nSPS) is 21.4. The van der Waals surface area contributed by atoms with Crippen molar-refractivity contribution in [3.8, 4) is 0 Å². The van der Waals surface area contributed by atoms with Gasteiger partial charge in [-0.25, -0.2) is 9.59 Å². The van der Waals surface area contributed by atoms with Gasteiger partial charge in [-0.1, -0.05) is 5.21 Å². The summed E-state index contributed by atoms with van der Waals surface area (Å²) in [4.78, 5) is 50.9. The predicted octanol–water partition coefficient (Wildman–Crippen LogP) is 0.327. The van der Waals surface area contributed by atoms with Crippen LogP contribution in [0.25, 0.3) is 0 Å². The number of rotatable bonds is 9. The Morgan fingerprint density at radius 1 is 1.28 bits per heavy atom. The Bertz CT molecular complexity index is 1050. The van der Waals surface area contributed by atoms with E-state index in [1.54, 1.807) is 27.0 Å². The zero-order valence-corrected chi connectivity index (χ0v) is 21.5. The lowest BCUT2D eigenvalue weighted by Crippen LogP contribution is -2.75. The number of ether oxygens (including phenoxy) is 3. The summed E-state index contributed by atoms with van der Waals surface area (Å²) in [6.45, 7) is 6.35. The molecule has 3 atom stereocenters. The van der Waals surface area contributed by atoms with Gasteiger partial charge in [-0.3, -0.25) is 19.2 Å². The quantitative estimate of drug-likeness (QED) is 0.135. The molecule has 198 valence electrons. The third-order valence-electron chi connectivity index (χ3n) is 5.40. The summed E-state index contributed by atoms with van der Waals surface area (Å²) in [6, 6.07) is -1.53. The second-order valence-electron chi connectivity index (χ2n) is 9.45. The van der Waals surface area contributed by atoms with Crippen LogP contribution in [0.5, 0.6) is 0 Å². The van der Waals surface area contributed by atoms with Crippen LogP contribution < -0.4 is 5.32 Å². The first-order valence-electron chi connectivity index (χ1n) is 11.4. The summed E-state index contributed by atoms with van der Waals surface area (Å²) in [5, 5.41) is 18.8. The molecule has 3 heterocycles. The van der Waals surface area contributed by atoms with Crippen LogP contribution in [0.3, 0.4) is 0 Å². The number of esters is 2. The average molecular weight is 526 g/mol. The fourth-order valence-corrected chi connectivity index (χ4v) is 4.45. The minimum atomic E-state index is -0.923. The molecule has 1 aromatic heterocycles. The number of nitrogens with one attached hydrogen (secondary N) is 1. The topological polar surface area (TPSA) is 162 Å². The van der Waals surface area contributed by atoms with Gasteiger partial charge in [0.15, 0.2) is 0 Å². The first kappa shape index (κ1) is 27.5. The highest BCUT2D eigenvalue weighted by Crippen LogP contribution is 2.40. The number of carbonyl (C=O) groups is 4. The second kappa shape index (κ2) is 11.3. The maximum Gasteiger partial charge on any atom is 0.408 e. The first-order chi connectivity index (χ1) is 16.9. The summed E-state index contributed by atoms with van der Waals surface area (Å²) < 4.78 is 17.3. The third kappa shape index (κ3) is 6.55. The van der Waals surface area contributed by atoms with Crippen molar-refractivity contribution < 1.29 is 38.5 Å². The van der Waals surface area contributed by atoms with Gasteiger partial charge in [-0.15, -0.1) is 5.10 Å². The number of aromatic nitrogens is 3. The number of aliphatic hydroxyl groups excluding tert-OH is 1. The Labute approximate surface area is 213 Å². The lowest BCUT2D eigenvalue weighted by atomic mass is 9.83. The van der Waals surface area contributed by atoms with E-state index in [9.17, 15) is 19.2 Å². The Morgan fingerprint density at radius 3 is 2.61 bits per heavy atom. The van der Waals surface area contributed by atoms with E-state index < -0.39 is 46.9 Å². The van der Waals surface area contributed by atoms with Crippen molar-refractivity contribution in [2.75, 3.05) is 13.2 Å². The number of aliphatic hydroxyl groups is 1. The molecule has 0 spiro atoms. The molecule has 0 bridgehead atoms. The summed E-state index contributed by atoms with van der Waals surface area (Å²) in [7, 11) is 0. The third-order valence-corrected chi connectivity index (χ3v) is 5.88. The standard InChI is InChI=1S/C22H31N5O8S/c1-12(29)34-11-13-8-15(36)18-16(23-21(32)35-22(2,3)4)19(30)27(18)17(13)20(31)33-7-5-6-26-9-14(10-28)24-25-26/h9,15-16,18,28,36H,5-8,10-11H2,1-4H3,(H,23,32)/t15?,16-,18+/m1/s1. The molecule has 13 nitrogen and oxygen atoms in total.